The van der Waals surface area contributed by atoms with Gasteiger partial charge >= 0.3 is 0 Å². The van der Waals surface area contributed by atoms with Crippen LogP contribution in [0.5, 0.6) is 11.6 Å². The molecule has 3 aromatic rings. The zero-order chi connectivity index (χ0) is 19.6. The number of nitrogens with one attached hydrogen (secondary N) is 1. The smallest absolute Gasteiger partial charge is 0.213 e. The topological polar surface area (TPSA) is 43.4 Å². The van der Waals surface area contributed by atoms with E-state index in [1.165, 1.54) is 0 Å². The molecule has 0 fully saturated rings. The molecule has 1 heterocycles. The van der Waals surface area contributed by atoms with Crippen LogP contribution in [0.1, 0.15) is 17.5 Å². The molecule has 3 rings (SSSR count). The summed E-state index contributed by atoms with van der Waals surface area (Å²) < 4.78 is 11.4. The Kier molecular flexibility index (Phi) is 7.97. The zero-order valence-corrected chi connectivity index (χ0v) is 16.9. The summed E-state index contributed by atoms with van der Waals surface area (Å²) in [6, 6.07) is 19.1. The normalized spacial score (nSPS) is 10.6. The van der Waals surface area contributed by atoms with Crippen LogP contribution in [0.2, 0.25) is 10.0 Å². The molecule has 0 aliphatic carbocycles. The van der Waals surface area contributed by atoms with Crippen LogP contribution in [0.25, 0.3) is 0 Å². The maximum atomic E-state index is 6.19. The third-order valence-electron chi connectivity index (χ3n) is 4.02. The lowest BCUT2D eigenvalue weighted by Gasteiger charge is -2.10. The van der Waals surface area contributed by atoms with E-state index in [1.807, 2.05) is 48.5 Å². The van der Waals surface area contributed by atoms with Gasteiger partial charge in [-0.25, -0.2) is 4.98 Å². The molecule has 0 saturated carbocycles. The second-order valence-electron chi connectivity index (χ2n) is 6.22. The number of rotatable bonds is 10. The molecule has 0 aliphatic heterocycles. The highest BCUT2D eigenvalue weighted by Crippen LogP contribution is 2.23. The SMILES string of the molecule is Clc1ccc(COc2cccc(CNCCCOc3ccccn3)c2)c(Cl)c1. The lowest BCUT2D eigenvalue weighted by molar-refractivity contribution is 0.296. The standard InChI is InChI=1S/C22H22Cl2N2O2/c23-19-9-8-18(21(24)14-19)16-28-20-6-3-5-17(13-20)15-25-10-4-12-27-22-7-1-2-11-26-22/h1-3,5-9,11,13-14,25H,4,10,12,15-16H2. The quantitative estimate of drug-likeness (QED) is 0.441. The fourth-order valence-corrected chi connectivity index (χ4v) is 3.05. The van der Waals surface area contributed by atoms with Crippen molar-refractivity contribution in [1.29, 1.82) is 0 Å². The number of hydrogen-bond donors (Lipinski definition) is 1. The summed E-state index contributed by atoms with van der Waals surface area (Å²) in [6.45, 7) is 2.66. The molecule has 0 amide bonds. The van der Waals surface area contributed by atoms with Crippen molar-refractivity contribution in [3.8, 4) is 11.6 Å². The van der Waals surface area contributed by atoms with E-state index in [9.17, 15) is 0 Å². The van der Waals surface area contributed by atoms with Gasteiger partial charge in [-0.3, -0.25) is 0 Å². The van der Waals surface area contributed by atoms with Crippen LogP contribution >= 0.6 is 23.2 Å². The van der Waals surface area contributed by atoms with Gasteiger partial charge in [-0.15, -0.1) is 0 Å². The van der Waals surface area contributed by atoms with Crippen molar-refractivity contribution in [3.63, 3.8) is 0 Å². The van der Waals surface area contributed by atoms with E-state index in [4.69, 9.17) is 32.7 Å². The lowest BCUT2D eigenvalue weighted by Crippen LogP contribution is -2.17. The van der Waals surface area contributed by atoms with Crippen LogP contribution in [-0.4, -0.2) is 18.1 Å². The predicted molar refractivity (Wildman–Crippen MR) is 113 cm³/mol. The van der Waals surface area contributed by atoms with E-state index >= 15 is 0 Å². The van der Waals surface area contributed by atoms with Gasteiger partial charge in [0, 0.05) is 34.4 Å². The Balaban J connectivity index is 1.38. The second-order valence-corrected chi connectivity index (χ2v) is 7.06. The molecule has 2 aromatic carbocycles. The minimum Gasteiger partial charge on any atom is -0.489 e. The van der Waals surface area contributed by atoms with E-state index in [2.05, 4.69) is 16.4 Å². The molecule has 0 saturated heterocycles. The molecule has 6 heteroatoms. The minimum absolute atomic E-state index is 0.401. The number of nitrogens with zero attached hydrogens (tertiary/aromatic N) is 1. The minimum atomic E-state index is 0.401. The molecule has 28 heavy (non-hydrogen) atoms. The zero-order valence-electron chi connectivity index (χ0n) is 15.4. The number of aromatic nitrogens is 1. The first-order valence-corrected chi connectivity index (χ1v) is 9.86. The van der Waals surface area contributed by atoms with E-state index in [-0.39, 0.29) is 0 Å². The molecule has 0 aliphatic rings. The fourth-order valence-electron chi connectivity index (χ4n) is 2.58. The summed E-state index contributed by atoms with van der Waals surface area (Å²) in [7, 11) is 0. The van der Waals surface area contributed by atoms with Gasteiger partial charge in [-0.1, -0.05) is 47.5 Å². The number of benzene rings is 2. The Bertz CT molecular complexity index is 875. The molecule has 1 N–H and O–H groups in total. The van der Waals surface area contributed by atoms with Crippen molar-refractivity contribution in [1.82, 2.24) is 10.3 Å². The number of hydrogen-bond acceptors (Lipinski definition) is 4. The van der Waals surface area contributed by atoms with Crippen LogP contribution in [-0.2, 0) is 13.2 Å². The van der Waals surface area contributed by atoms with Crippen LogP contribution in [0.3, 0.4) is 0 Å². The highest BCUT2D eigenvalue weighted by molar-refractivity contribution is 6.35. The first-order valence-electron chi connectivity index (χ1n) is 9.11. The van der Waals surface area contributed by atoms with Gasteiger partial charge in [-0.2, -0.15) is 0 Å². The third kappa shape index (κ3) is 6.71. The Morgan fingerprint density at radius 1 is 0.929 bits per heavy atom. The summed E-state index contributed by atoms with van der Waals surface area (Å²) in [5.74, 6) is 1.47. The molecule has 0 spiro atoms. The molecule has 0 bridgehead atoms. The monoisotopic (exact) mass is 416 g/mol. The van der Waals surface area contributed by atoms with Crippen molar-refractivity contribution in [3.05, 3.63) is 88.0 Å². The molecule has 1 aromatic heterocycles. The van der Waals surface area contributed by atoms with E-state index < -0.39 is 0 Å². The lowest BCUT2D eigenvalue weighted by atomic mass is 10.2. The fraction of sp³-hybridized carbons (Fsp3) is 0.227. The van der Waals surface area contributed by atoms with E-state index in [1.54, 1.807) is 12.3 Å². The number of halogens is 2. The van der Waals surface area contributed by atoms with Crippen molar-refractivity contribution in [2.45, 2.75) is 19.6 Å². The van der Waals surface area contributed by atoms with E-state index in [0.29, 0.717) is 29.1 Å². The molecule has 0 unspecified atom stereocenters. The van der Waals surface area contributed by atoms with Gasteiger partial charge in [0.25, 0.3) is 0 Å². The van der Waals surface area contributed by atoms with Crippen molar-refractivity contribution >= 4 is 23.2 Å². The Morgan fingerprint density at radius 3 is 2.68 bits per heavy atom. The summed E-state index contributed by atoms with van der Waals surface area (Å²) in [5, 5.41) is 4.64. The average Bonchev–Trinajstić information content (AvgIpc) is 2.71. The van der Waals surface area contributed by atoms with Crippen molar-refractivity contribution < 1.29 is 9.47 Å². The van der Waals surface area contributed by atoms with Gasteiger partial charge in [0.1, 0.15) is 12.4 Å². The second kappa shape index (κ2) is 10.9. The molecule has 0 radical (unpaired) electrons. The highest BCUT2D eigenvalue weighted by Gasteiger charge is 2.03. The molecular formula is C22H22Cl2N2O2. The van der Waals surface area contributed by atoms with Crippen molar-refractivity contribution in [2.75, 3.05) is 13.2 Å². The van der Waals surface area contributed by atoms with Crippen LogP contribution in [0.15, 0.2) is 66.9 Å². The predicted octanol–water partition coefficient (Wildman–Crippen LogP) is 5.53. The highest BCUT2D eigenvalue weighted by atomic mass is 35.5. The van der Waals surface area contributed by atoms with Gasteiger partial charge < -0.3 is 14.8 Å². The Labute approximate surface area is 175 Å². The summed E-state index contributed by atoms with van der Waals surface area (Å²) >= 11 is 12.1. The van der Waals surface area contributed by atoms with Gasteiger partial charge in [0.15, 0.2) is 0 Å². The van der Waals surface area contributed by atoms with Gasteiger partial charge in [0.05, 0.1) is 6.61 Å². The van der Waals surface area contributed by atoms with Crippen LogP contribution in [0.4, 0.5) is 0 Å². The summed E-state index contributed by atoms with van der Waals surface area (Å²) in [4.78, 5) is 4.13. The summed E-state index contributed by atoms with van der Waals surface area (Å²) in [6.07, 6.45) is 2.63. The maximum absolute atomic E-state index is 6.19. The first kappa shape index (κ1) is 20.5. The number of pyridine rings is 1. The largest absolute Gasteiger partial charge is 0.489 e. The Morgan fingerprint density at radius 2 is 1.86 bits per heavy atom. The van der Waals surface area contributed by atoms with Crippen molar-refractivity contribution in [2.24, 2.45) is 0 Å². The third-order valence-corrected chi connectivity index (χ3v) is 4.61. The maximum Gasteiger partial charge on any atom is 0.213 e. The molecule has 0 atom stereocenters. The van der Waals surface area contributed by atoms with Crippen LogP contribution < -0.4 is 14.8 Å². The molecule has 146 valence electrons. The summed E-state index contributed by atoms with van der Waals surface area (Å²) in [5.41, 5.74) is 2.06. The molecular weight excluding hydrogens is 395 g/mol. The first-order chi connectivity index (χ1) is 13.7. The Hall–Kier alpha value is -2.27. The molecule has 4 nitrogen and oxygen atoms in total. The van der Waals surface area contributed by atoms with Gasteiger partial charge in [-0.05, 0) is 48.9 Å². The number of ether oxygens (including phenoxy) is 2. The van der Waals surface area contributed by atoms with E-state index in [0.717, 1.165) is 36.4 Å². The average molecular weight is 417 g/mol. The van der Waals surface area contributed by atoms with Gasteiger partial charge in [0.2, 0.25) is 5.88 Å². The van der Waals surface area contributed by atoms with Crippen LogP contribution in [0, 0.1) is 0 Å².